The molecule has 0 aliphatic carbocycles. The summed E-state index contributed by atoms with van der Waals surface area (Å²) < 4.78 is 5.50. The molecule has 3 rings (SSSR count). The molecule has 1 atom stereocenters. The van der Waals surface area contributed by atoms with Gasteiger partial charge in [-0.3, -0.25) is 9.69 Å². The highest BCUT2D eigenvalue weighted by Gasteiger charge is 2.20. The van der Waals surface area contributed by atoms with Crippen molar-refractivity contribution in [1.29, 1.82) is 0 Å². The molecule has 0 spiro atoms. The van der Waals surface area contributed by atoms with E-state index in [9.17, 15) is 4.79 Å². The smallest absolute Gasteiger partial charge is 0.286 e. The predicted molar refractivity (Wildman–Crippen MR) is 89.6 cm³/mol. The number of benzene rings is 1. The molecule has 2 aromatic rings. The molecule has 2 heterocycles. The zero-order valence-electron chi connectivity index (χ0n) is 13.1. The molecule has 7 heteroatoms. The molecule has 122 valence electrons. The molecule has 1 aliphatic rings. The minimum atomic E-state index is -0.216. The van der Waals surface area contributed by atoms with Gasteiger partial charge in [-0.05, 0) is 25.5 Å². The lowest BCUT2D eigenvalue weighted by atomic mass is 10.2. The lowest BCUT2D eigenvalue weighted by Gasteiger charge is -2.24. The molecule has 0 unspecified atom stereocenters. The highest BCUT2D eigenvalue weighted by Crippen LogP contribution is 2.17. The number of carbonyl (C=O) groups is 1. The second-order valence-corrected chi connectivity index (χ2v) is 6.60. The standard InChI is InChI=1S/C16H20N4O2S/c1-12-7-9-22-10-8-20(12)11-14-18-19-16(23-14)15(21)17-13-5-3-2-4-6-13/h2-6,12H,7-11H2,1H3,(H,17,21)/t12-/m0/s1. The van der Waals surface area contributed by atoms with Crippen LogP contribution >= 0.6 is 11.3 Å². The monoisotopic (exact) mass is 332 g/mol. The van der Waals surface area contributed by atoms with Gasteiger partial charge in [0.1, 0.15) is 5.01 Å². The molecule has 1 amide bonds. The number of hydrogen-bond donors (Lipinski definition) is 1. The average Bonchev–Trinajstić information content (AvgIpc) is 2.93. The Balaban J connectivity index is 1.62. The lowest BCUT2D eigenvalue weighted by Crippen LogP contribution is -2.33. The van der Waals surface area contributed by atoms with Gasteiger partial charge in [0.05, 0.1) is 13.2 Å². The second-order valence-electron chi connectivity index (χ2n) is 5.54. The number of nitrogens with zero attached hydrogens (tertiary/aromatic N) is 3. The van der Waals surface area contributed by atoms with Gasteiger partial charge >= 0.3 is 0 Å². The number of nitrogens with one attached hydrogen (secondary N) is 1. The normalized spacial score (nSPS) is 19.3. The van der Waals surface area contributed by atoms with Crippen molar-refractivity contribution in [3.8, 4) is 0 Å². The molecule has 1 aliphatic heterocycles. The zero-order valence-corrected chi connectivity index (χ0v) is 13.9. The molecular weight excluding hydrogens is 312 g/mol. The van der Waals surface area contributed by atoms with E-state index in [2.05, 4.69) is 27.3 Å². The quantitative estimate of drug-likeness (QED) is 0.931. The minimum Gasteiger partial charge on any atom is -0.380 e. The summed E-state index contributed by atoms with van der Waals surface area (Å²) in [6.45, 7) is 5.33. The average molecular weight is 332 g/mol. The molecule has 1 aromatic heterocycles. The van der Waals surface area contributed by atoms with Crippen LogP contribution in [-0.4, -0.2) is 46.8 Å². The van der Waals surface area contributed by atoms with E-state index < -0.39 is 0 Å². The van der Waals surface area contributed by atoms with Crippen LogP contribution in [0.15, 0.2) is 30.3 Å². The third-order valence-corrected chi connectivity index (χ3v) is 4.76. The van der Waals surface area contributed by atoms with E-state index in [1.54, 1.807) is 0 Å². The van der Waals surface area contributed by atoms with Gasteiger partial charge in [-0.25, -0.2) is 0 Å². The largest absolute Gasteiger partial charge is 0.380 e. The minimum absolute atomic E-state index is 0.216. The van der Waals surface area contributed by atoms with Crippen LogP contribution in [-0.2, 0) is 11.3 Å². The van der Waals surface area contributed by atoms with Crippen LogP contribution in [0.4, 0.5) is 5.69 Å². The lowest BCUT2D eigenvalue weighted by molar-refractivity contribution is 0.102. The maximum atomic E-state index is 12.2. The first kappa shape index (κ1) is 16.0. The topological polar surface area (TPSA) is 67.3 Å². The zero-order chi connectivity index (χ0) is 16.1. The first-order valence-electron chi connectivity index (χ1n) is 7.73. The van der Waals surface area contributed by atoms with Crippen molar-refractivity contribution in [2.24, 2.45) is 0 Å². The van der Waals surface area contributed by atoms with Crippen LogP contribution in [0.3, 0.4) is 0 Å². The van der Waals surface area contributed by atoms with Gasteiger partial charge in [-0.15, -0.1) is 10.2 Å². The van der Waals surface area contributed by atoms with Crippen LogP contribution in [0.25, 0.3) is 0 Å². The van der Waals surface area contributed by atoms with Crippen LogP contribution in [0.1, 0.15) is 28.2 Å². The van der Waals surface area contributed by atoms with Crippen molar-refractivity contribution >= 4 is 22.9 Å². The van der Waals surface area contributed by atoms with E-state index in [0.29, 0.717) is 17.6 Å². The number of anilines is 1. The molecular formula is C16H20N4O2S. The predicted octanol–water partition coefficient (Wildman–Crippen LogP) is 2.40. The van der Waals surface area contributed by atoms with E-state index in [1.807, 2.05) is 30.3 Å². The Morgan fingerprint density at radius 1 is 1.35 bits per heavy atom. The molecule has 23 heavy (non-hydrogen) atoms. The highest BCUT2D eigenvalue weighted by atomic mass is 32.1. The number of ether oxygens (including phenoxy) is 1. The van der Waals surface area contributed by atoms with Crippen LogP contribution in [0.2, 0.25) is 0 Å². The van der Waals surface area contributed by atoms with E-state index in [4.69, 9.17) is 4.74 Å². The van der Waals surface area contributed by atoms with Gasteiger partial charge in [0.2, 0.25) is 5.01 Å². The number of hydrogen-bond acceptors (Lipinski definition) is 6. The number of carbonyl (C=O) groups excluding carboxylic acids is 1. The van der Waals surface area contributed by atoms with Gasteiger partial charge in [0, 0.05) is 24.9 Å². The molecule has 1 N–H and O–H groups in total. The van der Waals surface area contributed by atoms with E-state index in [1.165, 1.54) is 11.3 Å². The van der Waals surface area contributed by atoms with Crippen LogP contribution < -0.4 is 5.32 Å². The fraction of sp³-hybridized carbons (Fsp3) is 0.438. The SMILES string of the molecule is C[C@H]1CCOCCN1Cc1nnc(C(=O)Nc2ccccc2)s1. The molecule has 1 fully saturated rings. The summed E-state index contributed by atoms with van der Waals surface area (Å²) in [5, 5.41) is 12.3. The molecule has 0 bridgehead atoms. The Morgan fingerprint density at radius 3 is 3.00 bits per heavy atom. The van der Waals surface area contributed by atoms with Crippen molar-refractivity contribution < 1.29 is 9.53 Å². The molecule has 0 saturated carbocycles. The first-order chi connectivity index (χ1) is 11.2. The second kappa shape index (κ2) is 7.63. The summed E-state index contributed by atoms with van der Waals surface area (Å²) in [7, 11) is 0. The maximum absolute atomic E-state index is 12.2. The van der Waals surface area contributed by atoms with Gasteiger partial charge in [0.25, 0.3) is 5.91 Å². The Labute approximate surface area is 139 Å². The Bertz CT molecular complexity index is 647. The highest BCUT2D eigenvalue weighted by molar-refractivity contribution is 7.13. The fourth-order valence-corrected chi connectivity index (χ4v) is 3.23. The van der Waals surface area contributed by atoms with Crippen LogP contribution in [0.5, 0.6) is 0 Å². The Hall–Kier alpha value is -1.83. The van der Waals surface area contributed by atoms with E-state index in [-0.39, 0.29) is 5.91 Å². The number of rotatable bonds is 4. The van der Waals surface area contributed by atoms with Crippen molar-refractivity contribution in [1.82, 2.24) is 15.1 Å². The number of amides is 1. The van der Waals surface area contributed by atoms with Crippen molar-refractivity contribution in [3.63, 3.8) is 0 Å². The third kappa shape index (κ3) is 4.34. The van der Waals surface area contributed by atoms with E-state index in [0.717, 1.165) is 36.9 Å². The summed E-state index contributed by atoms with van der Waals surface area (Å²) in [6.07, 6.45) is 1.01. The van der Waals surface area contributed by atoms with E-state index >= 15 is 0 Å². The van der Waals surface area contributed by atoms with Gasteiger partial charge in [0.15, 0.2) is 0 Å². The number of para-hydroxylation sites is 1. The summed E-state index contributed by atoms with van der Waals surface area (Å²) >= 11 is 1.35. The summed E-state index contributed by atoms with van der Waals surface area (Å²) in [4.78, 5) is 14.5. The van der Waals surface area contributed by atoms with Gasteiger partial charge in [-0.2, -0.15) is 0 Å². The maximum Gasteiger partial charge on any atom is 0.286 e. The van der Waals surface area contributed by atoms with Crippen molar-refractivity contribution in [2.45, 2.75) is 25.9 Å². The first-order valence-corrected chi connectivity index (χ1v) is 8.54. The molecule has 1 aromatic carbocycles. The third-order valence-electron chi connectivity index (χ3n) is 3.86. The number of aromatic nitrogens is 2. The van der Waals surface area contributed by atoms with Crippen molar-refractivity contribution in [2.75, 3.05) is 25.1 Å². The van der Waals surface area contributed by atoms with Gasteiger partial charge in [-0.1, -0.05) is 29.5 Å². The summed E-state index contributed by atoms with van der Waals surface area (Å²) in [6, 6.07) is 9.80. The molecule has 1 saturated heterocycles. The Morgan fingerprint density at radius 2 is 2.17 bits per heavy atom. The fourth-order valence-electron chi connectivity index (χ4n) is 2.46. The molecule has 6 nitrogen and oxygen atoms in total. The molecule has 0 radical (unpaired) electrons. The van der Waals surface area contributed by atoms with Gasteiger partial charge < -0.3 is 10.1 Å². The van der Waals surface area contributed by atoms with Crippen LogP contribution in [0, 0.1) is 0 Å². The summed E-state index contributed by atoms with van der Waals surface area (Å²) in [5.41, 5.74) is 0.757. The van der Waals surface area contributed by atoms with Crippen molar-refractivity contribution in [3.05, 3.63) is 40.3 Å². The Kier molecular flexibility index (Phi) is 5.32. The summed E-state index contributed by atoms with van der Waals surface area (Å²) in [5.74, 6) is -0.216.